The Morgan fingerprint density at radius 3 is 2.48 bits per heavy atom. The number of likely N-dealkylation sites (N-methyl/N-ethyl adjacent to an activating group) is 1. The van der Waals surface area contributed by atoms with Crippen molar-refractivity contribution < 1.29 is 32.4 Å². The maximum Gasteiger partial charge on any atom is 0.323 e. The van der Waals surface area contributed by atoms with Gasteiger partial charge in [-0.25, -0.2) is 13.2 Å². The zero-order valence-electron chi connectivity index (χ0n) is 24.5. The first-order chi connectivity index (χ1) is 19.8. The lowest BCUT2D eigenvalue weighted by Crippen LogP contribution is -2.50. The maximum atomic E-state index is 13.7. The van der Waals surface area contributed by atoms with E-state index in [0.717, 1.165) is 5.56 Å². The molecule has 12 nitrogen and oxygen atoms in total. The largest absolute Gasteiger partial charge is 0.488 e. The van der Waals surface area contributed by atoms with Crippen LogP contribution in [0.15, 0.2) is 51.9 Å². The third-order valence-electron chi connectivity index (χ3n) is 7.36. The summed E-state index contributed by atoms with van der Waals surface area (Å²) in [6.45, 7) is 8.84. The van der Waals surface area contributed by atoms with Gasteiger partial charge in [-0.05, 0) is 58.0 Å². The fourth-order valence-electron chi connectivity index (χ4n) is 4.70. The summed E-state index contributed by atoms with van der Waals surface area (Å²) < 4.78 is 39.3. The molecule has 0 fully saturated rings. The molecular formula is C29H37N5O7S. The summed E-state index contributed by atoms with van der Waals surface area (Å²) in [5.41, 5.74) is 2.42. The number of carbonyl (C=O) groups is 2. The van der Waals surface area contributed by atoms with Gasteiger partial charge in [0.15, 0.2) is 5.76 Å². The molecule has 0 spiro atoms. The molecule has 13 heteroatoms. The minimum atomic E-state index is -3.80. The molecule has 4 rings (SSSR count). The number of urea groups is 1. The van der Waals surface area contributed by atoms with Crippen molar-refractivity contribution >= 4 is 33.3 Å². The van der Waals surface area contributed by atoms with Crippen LogP contribution < -0.4 is 15.4 Å². The number of anilines is 2. The number of sulfonamides is 1. The second-order valence-corrected chi connectivity index (χ2v) is 12.8. The zero-order chi connectivity index (χ0) is 30.8. The Bertz CT molecular complexity index is 1540. The van der Waals surface area contributed by atoms with Crippen LogP contribution in [-0.4, -0.2) is 78.7 Å². The van der Waals surface area contributed by atoms with E-state index in [9.17, 15) is 23.1 Å². The van der Waals surface area contributed by atoms with Crippen molar-refractivity contribution in [3.05, 3.63) is 65.0 Å². The molecule has 3 amide bonds. The number of aliphatic hydroxyl groups is 1. The summed E-state index contributed by atoms with van der Waals surface area (Å²) >= 11 is 0. The number of rotatable bonds is 8. The zero-order valence-corrected chi connectivity index (χ0v) is 25.4. The Labute approximate surface area is 245 Å². The monoisotopic (exact) mass is 599 g/mol. The molecule has 0 radical (unpaired) electrons. The minimum absolute atomic E-state index is 0.0200. The highest BCUT2D eigenvalue weighted by Gasteiger charge is 2.35. The summed E-state index contributed by atoms with van der Waals surface area (Å²) in [4.78, 5) is 28.1. The number of benzene rings is 2. The average Bonchev–Trinajstić information content (AvgIpc) is 3.26. The Balaban J connectivity index is 1.62. The third-order valence-corrected chi connectivity index (χ3v) is 9.20. The van der Waals surface area contributed by atoms with E-state index in [-0.39, 0.29) is 47.7 Å². The van der Waals surface area contributed by atoms with Crippen molar-refractivity contribution in [1.29, 1.82) is 0 Å². The highest BCUT2D eigenvalue weighted by molar-refractivity contribution is 7.89. The van der Waals surface area contributed by atoms with Gasteiger partial charge in [0.1, 0.15) is 23.2 Å². The van der Waals surface area contributed by atoms with Crippen LogP contribution >= 0.6 is 0 Å². The van der Waals surface area contributed by atoms with Crippen molar-refractivity contribution in [2.24, 2.45) is 5.92 Å². The molecule has 3 atom stereocenters. The molecule has 0 saturated heterocycles. The van der Waals surface area contributed by atoms with Gasteiger partial charge in [-0.1, -0.05) is 29.8 Å². The molecule has 3 N–H and O–H groups in total. The number of hydrogen-bond acceptors (Lipinski definition) is 8. The lowest BCUT2D eigenvalue weighted by molar-refractivity contribution is 0.0387. The molecular weight excluding hydrogens is 562 g/mol. The quantitative estimate of drug-likeness (QED) is 0.353. The molecule has 2 aromatic carbocycles. The fourth-order valence-corrected chi connectivity index (χ4v) is 5.88. The topological polar surface area (TPSA) is 154 Å². The number of ether oxygens (including phenoxy) is 1. The van der Waals surface area contributed by atoms with Gasteiger partial charge in [0, 0.05) is 25.2 Å². The van der Waals surface area contributed by atoms with Crippen LogP contribution in [0.1, 0.15) is 41.2 Å². The average molecular weight is 600 g/mol. The predicted octanol–water partition coefficient (Wildman–Crippen LogP) is 3.78. The van der Waals surface area contributed by atoms with Crippen LogP contribution in [0.4, 0.5) is 16.2 Å². The molecule has 2 heterocycles. The Morgan fingerprint density at radius 2 is 1.86 bits per heavy atom. The van der Waals surface area contributed by atoms with Crippen LogP contribution in [0, 0.1) is 26.7 Å². The van der Waals surface area contributed by atoms with E-state index in [2.05, 4.69) is 15.8 Å². The van der Waals surface area contributed by atoms with Crippen LogP contribution in [0.5, 0.6) is 5.75 Å². The van der Waals surface area contributed by atoms with Gasteiger partial charge < -0.3 is 29.9 Å². The lowest BCUT2D eigenvalue weighted by atomic mass is 9.99. The third kappa shape index (κ3) is 6.58. The van der Waals surface area contributed by atoms with Crippen LogP contribution in [0.2, 0.25) is 0 Å². The highest BCUT2D eigenvalue weighted by Crippen LogP contribution is 2.31. The van der Waals surface area contributed by atoms with Gasteiger partial charge in [-0.3, -0.25) is 4.79 Å². The molecule has 3 aromatic rings. The Hall–Kier alpha value is -3.94. The van der Waals surface area contributed by atoms with E-state index in [1.54, 1.807) is 62.1 Å². The van der Waals surface area contributed by atoms with E-state index in [0.29, 0.717) is 22.8 Å². The van der Waals surface area contributed by atoms with Crippen LogP contribution in [-0.2, 0) is 10.0 Å². The van der Waals surface area contributed by atoms with Gasteiger partial charge in [-0.15, -0.1) is 0 Å². The summed E-state index contributed by atoms with van der Waals surface area (Å²) in [5.74, 6) is 0.0229. The summed E-state index contributed by atoms with van der Waals surface area (Å²) in [6.07, 6.45) is -0.628. The molecule has 1 aromatic heterocycles. The number of aromatic nitrogens is 1. The van der Waals surface area contributed by atoms with E-state index in [4.69, 9.17) is 9.26 Å². The van der Waals surface area contributed by atoms with Gasteiger partial charge >= 0.3 is 6.03 Å². The van der Waals surface area contributed by atoms with Crippen molar-refractivity contribution in [3.63, 3.8) is 0 Å². The molecule has 1 aliphatic rings. The number of fused-ring (bicyclic) bond motifs is 1. The normalized spacial score (nSPS) is 18.1. The first kappa shape index (κ1) is 31.0. The number of aryl methyl sites for hydroxylation is 3. The number of carbonyl (C=O) groups excluding carboxylic acids is 2. The van der Waals surface area contributed by atoms with Crippen molar-refractivity contribution in [3.8, 4) is 5.75 Å². The molecule has 42 heavy (non-hydrogen) atoms. The number of aliphatic hydroxyl groups excluding tert-OH is 1. The fraction of sp³-hybridized carbons (Fsp3) is 0.414. The number of hydrogen-bond donors (Lipinski definition) is 3. The van der Waals surface area contributed by atoms with E-state index in [1.807, 2.05) is 13.8 Å². The standard InChI is InChI=1S/C29H37N5O7S/c1-17-7-10-23(11-8-17)42(38,39)33(6)15-26-18(2)14-34(19(3)16-35)28(36)24-13-22(9-12-25(24)40-26)30-29(37)31-27-20(4)32-41-21(27)5/h7-13,18-19,26,35H,14-16H2,1-6H3,(H2,30,31,37)/t18-,19+,26-/m0/s1. The second-order valence-electron chi connectivity index (χ2n) is 10.7. The minimum Gasteiger partial charge on any atom is -0.488 e. The number of nitrogens with zero attached hydrogens (tertiary/aromatic N) is 3. The molecule has 0 bridgehead atoms. The lowest BCUT2D eigenvalue weighted by Gasteiger charge is -2.38. The van der Waals surface area contributed by atoms with E-state index >= 15 is 0 Å². The molecule has 0 aliphatic carbocycles. The summed E-state index contributed by atoms with van der Waals surface area (Å²) in [6, 6.07) is 10.2. The predicted molar refractivity (Wildman–Crippen MR) is 157 cm³/mol. The SMILES string of the molecule is Cc1ccc(S(=O)(=O)N(C)C[C@@H]2Oc3ccc(NC(=O)Nc4c(C)noc4C)cc3C(=O)N([C@H](C)CO)C[C@@H]2C)cc1. The molecule has 0 unspecified atom stereocenters. The highest BCUT2D eigenvalue weighted by atomic mass is 32.2. The summed E-state index contributed by atoms with van der Waals surface area (Å²) in [7, 11) is -2.31. The van der Waals surface area contributed by atoms with E-state index in [1.165, 1.54) is 17.4 Å². The summed E-state index contributed by atoms with van der Waals surface area (Å²) in [5, 5.41) is 19.1. The van der Waals surface area contributed by atoms with Crippen LogP contribution in [0.25, 0.3) is 0 Å². The van der Waals surface area contributed by atoms with Crippen molar-refractivity contribution in [2.75, 3.05) is 37.4 Å². The molecule has 1 aliphatic heterocycles. The van der Waals surface area contributed by atoms with Crippen molar-refractivity contribution in [2.45, 2.75) is 51.7 Å². The smallest absolute Gasteiger partial charge is 0.323 e. The molecule has 226 valence electrons. The van der Waals surface area contributed by atoms with Crippen LogP contribution in [0.3, 0.4) is 0 Å². The first-order valence-corrected chi connectivity index (χ1v) is 15.0. The maximum absolute atomic E-state index is 13.7. The van der Waals surface area contributed by atoms with E-state index < -0.39 is 28.2 Å². The van der Waals surface area contributed by atoms with Gasteiger partial charge in [-0.2, -0.15) is 4.31 Å². The number of amides is 3. The first-order valence-electron chi connectivity index (χ1n) is 13.6. The Kier molecular flexibility index (Phi) is 9.24. The number of nitrogens with one attached hydrogen (secondary N) is 2. The molecule has 0 saturated carbocycles. The Morgan fingerprint density at radius 1 is 1.17 bits per heavy atom. The van der Waals surface area contributed by atoms with Gasteiger partial charge in [0.2, 0.25) is 10.0 Å². The second kappa shape index (κ2) is 12.5. The van der Waals surface area contributed by atoms with Gasteiger partial charge in [0.25, 0.3) is 5.91 Å². The van der Waals surface area contributed by atoms with Crippen molar-refractivity contribution in [1.82, 2.24) is 14.4 Å². The van der Waals surface area contributed by atoms with Gasteiger partial charge in [0.05, 0.1) is 29.7 Å².